The zero-order valence-corrected chi connectivity index (χ0v) is 11.7. The van der Waals surface area contributed by atoms with E-state index in [9.17, 15) is 5.26 Å². The number of rotatable bonds is 3. The van der Waals surface area contributed by atoms with Crippen molar-refractivity contribution in [3.8, 4) is 6.07 Å². The van der Waals surface area contributed by atoms with Crippen molar-refractivity contribution >= 4 is 33.0 Å². The molecule has 2 rings (SSSR count). The summed E-state index contributed by atoms with van der Waals surface area (Å²) in [6, 6.07) is 13.9. The molecule has 0 fully saturated rings. The number of hydrogen-bond donors (Lipinski definition) is 1. The quantitative estimate of drug-likeness (QED) is 0.906. The van der Waals surface area contributed by atoms with Crippen molar-refractivity contribution < 1.29 is 0 Å². The van der Waals surface area contributed by atoms with Crippen molar-refractivity contribution in [2.24, 2.45) is 0 Å². The molecule has 1 atom stereocenters. The molecule has 1 unspecified atom stereocenters. The standard InChI is InChI=1S/C13H11BrN2S/c1-9-3-2-4-10(7-9)16-11(8-15)12-5-6-13(14)17-12/h2-7,11,16H,1H3. The number of nitrogens with zero attached hydrogens (tertiary/aromatic N) is 1. The van der Waals surface area contributed by atoms with Crippen LogP contribution in [0.4, 0.5) is 5.69 Å². The summed E-state index contributed by atoms with van der Waals surface area (Å²) in [4.78, 5) is 1.01. The van der Waals surface area contributed by atoms with Crippen LogP contribution in [0.15, 0.2) is 40.2 Å². The number of hydrogen-bond acceptors (Lipinski definition) is 3. The predicted molar refractivity (Wildman–Crippen MR) is 75.2 cm³/mol. The summed E-state index contributed by atoms with van der Waals surface area (Å²) in [6.45, 7) is 2.04. The summed E-state index contributed by atoms with van der Waals surface area (Å²) in [7, 11) is 0. The summed E-state index contributed by atoms with van der Waals surface area (Å²) >= 11 is 4.98. The van der Waals surface area contributed by atoms with E-state index >= 15 is 0 Å². The van der Waals surface area contributed by atoms with Crippen LogP contribution in [-0.2, 0) is 0 Å². The monoisotopic (exact) mass is 306 g/mol. The molecule has 0 aliphatic heterocycles. The van der Waals surface area contributed by atoms with Crippen LogP contribution in [0.2, 0.25) is 0 Å². The van der Waals surface area contributed by atoms with E-state index in [4.69, 9.17) is 0 Å². The van der Waals surface area contributed by atoms with Gasteiger partial charge in [-0.2, -0.15) is 5.26 Å². The fourth-order valence-corrected chi connectivity index (χ4v) is 2.97. The number of halogens is 1. The predicted octanol–water partition coefficient (Wildman–Crippen LogP) is 4.50. The first-order chi connectivity index (χ1) is 8.19. The van der Waals surface area contributed by atoms with Gasteiger partial charge in [0, 0.05) is 10.6 Å². The molecule has 2 nitrogen and oxygen atoms in total. The van der Waals surface area contributed by atoms with Gasteiger partial charge in [-0.25, -0.2) is 0 Å². The van der Waals surface area contributed by atoms with Crippen LogP contribution in [0.1, 0.15) is 16.5 Å². The molecule has 4 heteroatoms. The summed E-state index contributed by atoms with van der Waals surface area (Å²) in [5.41, 5.74) is 2.15. The van der Waals surface area contributed by atoms with E-state index in [0.29, 0.717) is 0 Å². The number of benzene rings is 1. The normalized spacial score (nSPS) is 11.8. The van der Waals surface area contributed by atoms with E-state index in [-0.39, 0.29) is 6.04 Å². The molecule has 2 aromatic rings. The van der Waals surface area contributed by atoms with Crippen LogP contribution in [0, 0.1) is 18.3 Å². The minimum atomic E-state index is -0.298. The lowest BCUT2D eigenvalue weighted by atomic mass is 10.2. The molecule has 0 aliphatic carbocycles. The van der Waals surface area contributed by atoms with Gasteiger partial charge in [-0.15, -0.1) is 11.3 Å². The van der Waals surface area contributed by atoms with Gasteiger partial charge in [-0.3, -0.25) is 0 Å². The Labute approximate surface area is 113 Å². The SMILES string of the molecule is Cc1cccc(NC(C#N)c2ccc(Br)s2)c1. The Morgan fingerprint density at radius 2 is 2.18 bits per heavy atom. The summed E-state index contributed by atoms with van der Waals surface area (Å²) in [5.74, 6) is 0. The van der Waals surface area contributed by atoms with E-state index in [0.717, 1.165) is 14.4 Å². The summed E-state index contributed by atoms with van der Waals surface area (Å²) in [6.07, 6.45) is 0. The molecular formula is C13H11BrN2S. The number of aryl methyl sites for hydroxylation is 1. The highest BCUT2D eigenvalue weighted by Gasteiger charge is 2.12. The molecule has 86 valence electrons. The highest BCUT2D eigenvalue weighted by Crippen LogP contribution is 2.29. The molecule has 0 saturated carbocycles. The third kappa shape index (κ3) is 3.09. The van der Waals surface area contributed by atoms with Crippen molar-refractivity contribution in [1.82, 2.24) is 0 Å². The van der Waals surface area contributed by atoms with E-state index in [2.05, 4.69) is 27.3 Å². The van der Waals surface area contributed by atoms with Crippen LogP contribution in [0.5, 0.6) is 0 Å². The van der Waals surface area contributed by atoms with Crippen LogP contribution >= 0.6 is 27.3 Å². The molecule has 17 heavy (non-hydrogen) atoms. The zero-order chi connectivity index (χ0) is 12.3. The maximum Gasteiger partial charge on any atom is 0.149 e. The van der Waals surface area contributed by atoms with Gasteiger partial charge in [0.25, 0.3) is 0 Å². The molecule has 0 saturated heterocycles. The van der Waals surface area contributed by atoms with Crippen LogP contribution in [0.25, 0.3) is 0 Å². The Morgan fingerprint density at radius 1 is 1.35 bits per heavy atom. The molecular weight excluding hydrogens is 296 g/mol. The average Bonchev–Trinajstić information content (AvgIpc) is 2.73. The first-order valence-electron chi connectivity index (χ1n) is 5.17. The Balaban J connectivity index is 2.19. The third-order valence-electron chi connectivity index (χ3n) is 2.34. The maximum absolute atomic E-state index is 9.20. The minimum Gasteiger partial charge on any atom is -0.366 e. The van der Waals surface area contributed by atoms with Crippen LogP contribution in [0.3, 0.4) is 0 Å². The lowest BCUT2D eigenvalue weighted by molar-refractivity contribution is 1.03. The third-order valence-corrected chi connectivity index (χ3v) is 4.03. The Kier molecular flexibility index (Phi) is 3.82. The molecule has 0 bridgehead atoms. The molecule has 0 spiro atoms. The van der Waals surface area contributed by atoms with Crippen molar-refractivity contribution in [2.75, 3.05) is 5.32 Å². The second kappa shape index (κ2) is 5.35. The molecule has 0 aliphatic rings. The number of nitrogens with one attached hydrogen (secondary N) is 1. The average molecular weight is 307 g/mol. The van der Waals surface area contributed by atoms with Crippen molar-refractivity contribution in [1.29, 1.82) is 5.26 Å². The van der Waals surface area contributed by atoms with E-state index in [1.54, 1.807) is 11.3 Å². The van der Waals surface area contributed by atoms with E-state index < -0.39 is 0 Å². The topological polar surface area (TPSA) is 35.8 Å². The Hall–Kier alpha value is -1.31. The van der Waals surface area contributed by atoms with Gasteiger partial charge in [0.15, 0.2) is 0 Å². The molecule has 1 heterocycles. The Bertz CT molecular complexity index is 557. The summed E-state index contributed by atoms with van der Waals surface area (Å²) < 4.78 is 1.04. The zero-order valence-electron chi connectivity index (χ0n) is 9.27. The lowest BCUT2D eigenvalue weighted by Crippen LogP contribution is -2.06. The van der Waals surface area contributed by atoms with Crippen molar-refractivity contribution in [3.63, 3.8) is 0 Å². The second-order valence-corrected chi connectivity index (χ2v) is 6.21. The van der Waals surface area contributed by atoms with Gasteiger partial charge in [0.2, 0.25) is 0 Å². The van der Waals surface area contributed by atoms with Crippen molar-refractivity contribution in [3.05, 3.63) is 50.6 Å². The smallest absolute Gasteiger partial charge is 0.149 e. The molecule has 1 aromatic carbocycles. The highest BCUT2D eigenvalue weighted by molar-refractivity contribution is 9.11. The fourth-order valence-electron chi connectivity index (χ4n) is 1.55. The van der Waals surface area contributed by atoms with Gasteiger partial charge in [-0.05, 0) is 52.7 Å². The first kappa shape index (κ1) is 12.2. The van der Waals surface area contributed by atoms with Gasteiger partial charge in [0.05, 0.1) is 9.86 Å². The van der Waals surface area contributed by atoms with Crippen LogP contribution < -0.4 is 5.32 Å². The number of nitriles is 1. The van der Waals surface area contributed by atoms with Gasteiger partial charge < -0.3 is 5.32 Å². The number of thiophene rings is 1. The molecule has 1 aromatic heterocycles. The van der Waals surface area contributed by atoms with Crippen molar-refractivity contribution in [2.45, 2.75) is 13.0 Å². The van der Waals surface area contributed by atoms with Gasteiger partial charge >= 0.3 is 0 Å². The second-order valence-electron chi connectivity index (χ2n) is 3.72. The largest absolute Gasteiger partial charge is 0.366 e. The van der Waals surface area contributed by atoms with Crippen LogP contribution in [-0.4, -0.2) is 0 Å². The maximum atomic E-state index is 9.20. The van der Waals surface area contributed by atoms with Gasteiger partial charge in [0.1, 0.15) is 6.04 Å². The molecule has 1 N–H and O–H groups in total. The minimum absolute atomic E-state index is 0.298. The number of anilines is 1. The Morgan fingerprint density at radius 3 is 2.76 bits per heavy atom. The highest BCUT2D eigenvalue weighted by atomic mass is 79.9. The molecule has 0 amide bonds. The molecule has 0 radical (unpaired) electrons. The fraction of sp³-hybridized carbons (Fsp3) is 0.154. The van der Waals surface area contributed by atoms with Gasteiger partial charge in [-0.1, -0.05) is 12.1 Å². The summed E-state index contributed by atoms with van der Waals surface area (Å²) in [5, 5.41) is 12.4. The van der Waals surface area contributed by atoms with E-state index in [1.165, 1.54) is 5.56 Å². The lowest BCUT2D eigenvalue weighted by Gasteiger charge is -2.11. The first-order valence-corrected chi connectivity index (χ1v) is 6.78. The van der Waals surface area contributed by atoms with E-state index in [1.807, 2.05) is 43.3 Å².